The fourth-order valence-electron chi connectivity index (χ4n) is 9.77. The maximum Gasteiger partial charge on any atom is 0.120 e. The summed E-state index contributed by atoms with van der Waals surface area (Å²) in [5.74, 6) is 3.53. The van der Waals surface area contributed by atoms with E-state index < -0.39 is 0 Å². The van der Waals surface area contributed by atoms with Gasteiger partial charge in [0.1, 0.15) is 12.2 Å². The van der Waals surface area contributed by atoms with Crippen molar-refractivity contribution in [3.8, 4) is 6.07 Å². The van der Waals surface area contributed by atoms with Crippen LogP contribution in [-0.4, -0.2) is 12.2 Å². The molecule has 0 heterocycles. The minimum absolute atomic E-state index is 0.0183. The fourth-order valence-corrected chi connectivity index (χ4v) is 9.77. The smallest absolute Gasteiger partial charge is 0.120 e. The van der Waals surface area contributed by atoms with Gasteiger partial charge in [0.05, 0.1) is 6.07 Å². The summed E-state index contributed by atoms with van der Waals surface area (Å²) in [4.78, 5) is 20.4. The summed E-state index contributed by atoms with van der Waals surface area (Å²) in [6.45, 7) is 32.8. The monoisotopic (exact) mass is 636 g/mol. The Bertz CT molecular complexity index is 1100. The molecule has 0 N–H and O–H groups in total. The zero-order valence-corrected chi connectivity index (χ0v) is 32.6. The van der Waals surface area contributed by atoms with E-state index in [9.17, 15) is 10.1 Å². The Balaban J connectivity index is 0.00000381. The molecule has 2 rings (SSSR count). The number of nitriles is 1. The SMILES string of the molecule is C=C/C=C1/C(C)(/C=C(\C)C#N)C(C(C)(C)C=C=O)CCC1(C)C1CCC(CCCC)(CCC(C)(C)CCC)CC1C.CC.CC=O. The van der Waals surface area contributed by atoms with Crippen LogP contribution in [0.15, 0.2) is 42.0 Å². The second kappa shape index (κ2) is 19.6. The number of carbonyl (C=O) groups excluding carboxylic acids is 2. The van der Waals surface area contributed by atoms with Crippen LogP contribution in [0.3, 0.4) is 0 Å². The summed E-state index contributed by atoms with van der Waals surface area (Å²) in [5.41, 5.74) is 2.37. The summed E-state index contributed by atoms with van der Waals surface area (Å²) < 4.78 is 0. The topological polar surface area (TPSA) is 57.9 Å². The Kier molecular flexibility index (Phi) is 18.7. The van der Waals surface area contributed by atoms with Crippen molar-refractivity contribution in [1.82, 2.24) is 0 Å². The molecule has 0 aliphatic heterocycles. The minimum atomic E-state index is -0.349. The van der Waals surface area contributed by atoms with Gasteiger partial charge in [-0.25, -0.2) is 4.79 Å². The second-order valence-corrected chi connectivity index (χ2v) is 16.2. The van der Waals surface area contributed by atoms with Gasteiger partial charge in [-0.15, -0.1) is 0 Å². The van der Waals surface area contributed by atoms with Crippen molar-refractivity contribution in [1.29, 1.82) is 5.26 Å². The van der Waals surface area contributed by atoms with Gasteiger partial charge < -0.3 is 4.79 Å². The molecule has 3 heteroatoms. The van der Waals surface area contributed by atoms with Crippen molar-refractivity contribution >= 4 is 12.2 Å². The van der Waals surface area contributed by atoms with Gasteiger partial charge in [-0.2, -0.15) is 5.26 Å². The van der Waals surface area contributed by atoms with Crippen molar-refractivity contribution < 1.29 is 9.59 Å². The normalized spacial score (nSPS) is 30.8. The maximum absolute atomic E-state index is 11.6. The van der Waals surface area contributed by atoms with Gasteiger partial charge in [0.25, 0.3) is 0 Å². The Morgan fingerprint density at radius 1 is 1.04 bits per heavy atom. The van der Waals surface area contributed by atoms with E-state index >= 15 is 0 Å². The number of nitrogens with zero attached hydrogens (tertiary/aromatic N) is 1. The first-order chi connectivity index (χ1) is 21.5. The molecule has 0 aromatic carbocycles. The van der Waals surface area contributed by atoms with Crippen LogP contribution in [0, 0.1) is 56.2 Å². The molecular formula is C43H73NO2. The van der Waals surface area contributed by atoms with Crippen LogP contribution in [0.2, 0.25) is 0 Å². The number of carbonyl (C=O) groups is 1. The van der Waals surface area contributed by atoms with Gasteiger partial charge in [0.2, 0.25) is 0 Å². The van der Waals surface area contributed by atoms with Crippen molar-refractivity contribution in [2.24, 2.45) is 44.8 Å². The Morgan fingerprint density at radius 3 is 2.13 bits per heavy atom. The molecule has 0 spiro atoms. The molecule has 2 aliphatic rings. The number of allylic oxidation sites excluding steroid dienone is 6. The largest absolute Gasteiger partial charge is 0.304 e. The van der Waals surface area contributed by atoms with E-state index in [1.54, 1.807) is 6.08 Å². The summed E-state index contributed by atoms with van der Waals surface area (Å²) in [6, 6.07) is 2.41. The number of hydrogen-bond donors (Lipinski definition) is 0. The van der Waals surface area contributed by atoms with E-state index in [-0.39, 0.29) is 22.2 Å². The van der Waals surface area contributed by atoms with E-state index in [2.05, 4.69) is 93.1 Å². The van der Waals surface area contributed by atoms with Crippen molar-refractivity contribution in [2.45, 2.75) is 167 Å². The number of aldehydes is 1. The zero-order chi connectivity index (χ0) is 35.8. The number of rotatable bonds is 13. The highest BCUT2D eigenvalue weighted by molar-refractivity contribution is 5.48. The van der Waals surface area contributed by atoms with Gasteiger partial charge >= 0.3 is 0 Å². The summed E-state index contributed by atoms with van der Waals surface area (Å²) in [5, 5.41) is 9.85. The highest BCUT2D eigenvalue weighted by Crippen LogP contribution is 2.65. The van der Waals surface area contributed by atoms with Crippen molar-refractivity contribution in [3.63, 3.8) is 0 Å². The van der Waals surface area contributed by atoms with Gasteiger partial charge in [0.15, 0.2) is 0 Å². The van der Waals surface area contributed by atoms with Crippen molar-refractivity contribution in [3.05, 3.63) is 42.0 Å². The van der Waals surface area contributed by atoms with Crippen LogP contribution in [0.5, 0.6) is 0 Å². The first-order valence-corrected chi connectivity index (χ1v) is 18.6. The average molecular weight is 636 g/mol. The molecule has 3 nitrogen and oxygen atoms in total. The lowest BCUT2D eigenvalue weighted by atomic mass is 9.44. The van der Waals surface area contributed by atoms with E-state index in [0.29, 0.717) is 22.7 Å². The number of unbranched alkanes of at least 4 members (excludes halogenated alkanes) is 1. The van der Waals surface area contributed by atoms with E-state index in [1.807, 2.05) is 26.8 Å². The Labute approximate surface area is 286 Å². The van der Waals surface area contributed by atoms with Crippen LogP contribution in [-0.2, 0) is 9.59 Å². The molecule has 0 bridgehead atoms. The lowest BCUT2D eigenvalue weighted by Gasteiger charge is -2.60. The highest BCUT2D eigenvalue weighted by atomic mass is 16.1. The summed E-state index contributed by atoms with van der Waals surface area (Å²) in [6.07, 6.45) is 24.2. The van der Waals surface area contributed by atoms with Crippen LogP contribution in [0.1, 0.15) is 167 Å². The molecule has 0 saturated heterocycles. The standard InChI is InChI=1S/C39H63NO.C2H4O.C2H6/c1-12-15-20-39(24-23-35(6,7)19-14-3)22-17-32(31(5)28-39)37(10)21-18-33(36(8,9)25-26-41)38(11,27-30(4)29-40)34(37)16-13-2;1-2-3;1-2/h13,16,25,27,31-33H,2,12,14-15,17-24,28H2,1,3-11H3;2H,1H3;1-2H3/b30-27+,34-16+;;. The first-order valence-electron chi connectivity index (χ1n) is 18.6. The molecule has 2 saturated carbocycles. The van der Waals surface area contributed by atoms with Gasteiger partial charge in [-0.05, 0) is 111 Å². The van der Waals surface area contributed by atoms with Gasteiger partial charge in [-0.3, -0.25) is 0 Å². The Hall–Kier alpha value is -2.17. The molecule has 262 valence electrons. The zero-order valence-electron chi connectivity index (χ0n) is 32.6. The molecule has 2 fully saturated rings. The quantitative estimate of drug-likeness (QED) is 0.115. The van der Waals surface area contributed by atoms with Crippen molar-refractivity contribution in [2.75, 3.05) is 0 Å². The third-order valence-corrected chi connectivity index (χ3v) is 11.7. The van der Waals surface area contributed by atoms with E-state index in [1.165, 1.54) is 76.7 Å². The molecule has 2 aliphatic carbocycles. The third-order valence-electron chi connectivity index (χ3n) is 11.7. The predicted molar refractivity (Wildman–Crippen MR) is 200 cm³/mol. The lowest BCUT2D eigenvalue weighted by molar-refractivity contribution is -0.106. The summed E-state index contributed by atoms with van der Waals surface area (Å²) >= 11 is 0. The second-order valence-electron chi connectivity index (χ2n) is 16.2. The predicted octanol–water partition coefficient (Wildman–Crippen LogP) is 12.9. The van der Waals surface area contributed by atoms with E-state index in [4.69, 9.17) is 4.79 Å². The maximum atomic E-state index is 11.6. The van der Waals surface area contributed by atoms with Gasteiger partial charge in [-0.1, -0.05) is 126 Å². The number of hydrogen-bond acceptors (Lipinski definition) is 3. The lowest BCUT2D eigenvalue weighted by Crippen LogP contribution is -2.51. The van der Waals surface area contributed by atoms with E-state index in [0.717, 1.165) is 24.7 Å². The van der Waals surface area contributed by atoms with Crippen LogP contribution < -0.4 is 0 Å². The van der Waals surface area contributed by atoms with Crippen LogP contribution in [0.25, 0.3) is 0 Å². The molecule has 6 unspecified atom stereocenters. The van der Waals surface area contributed by atoms with Crippen LogP contribution in [0.4, 0.5) is 0 Å². The molecule has 0 amide bonds. The molecule has 0 radical (unpaired) electrons. The third kappa shape index (κ3) is 11.2. The molecular weight excluding hydrogens is 562 g/mol. The molecule has 46 heavy (non-hydrogen) atoms. The molecule has 6 atom stereocenters. The average Bonchev–Trinajstić information content (AvgIpc) is 2.98. The molecule has 0 aromatic rings. The highest BCUT2D eigenvalue weighted by Gasteiger charge is 2.56. The minimum Gasteiger partial charge on any atom is -0.304 e. The molecule has 0 aromatic heterocycles. The summed E-state index contributed by atoms with van der Waals surface area (Å²) in [7, 11) is 0. The Morgan fingerprint density at radius 2 is 1.65 bits per heavy atom. The van der Waals surface area contributed by atoms with Crippen LogP contribution >= 0.6 is 0 Å². The fraction of sp³-hybridized carbons (Fsp3) is 0.767. The van der Waals surface area contributed by atoms with Gasteiger partial charge in [0, 0.05) is 17.1 Å². The first kappa shape index (κ1) is 43.8.